The Kier molecular flexibility index (Phi) is 2.94. The molecule has 0 aromatic carbocycles. The molecule has 114 valence electrons. The fourth-order valence-electron chi connectivity index (χ4n) is 6.03. The van der Waals surface area contributed by atoms with Crippen LogP contribution in [-0.2, 0) is 9.59 Å². The minimum absolute atomic E-state index is 0.255. The van der Waals surface area contributed by atoms with E-state index in [0.29, 0.717) is 42.8 Å². The first-order valence-electron chi connectivity index (χ1n) is 8.45. The number of ketones is 2. The van der Waals surface area contributed by atoms with Gasteiger partial charge in [-0.3, -0.25) is 9.59 Å². The summed E-state index contributed by atoms with van der Waals surface area (Å²) in [4.78, 5) is 24.0. The molecule has 3 heteroatoms. The van der Waals surface area contributed by atoms with Crippen LogP contribution in [0.5, 0.6) is 0 Å². The van der Waals surface area contributed by atoms with E-state index in [2.05, 4.69) is 6.92 Å². The van der Waals surface area contributed by atoms with Gasteiger partial charge < -0.3 is 5.11 Å². The molecule has 0 amide bonds. The Hall–Kier alpha value is -0.960. The third kappa shape index (κ3) is 1.82. The maximum atomic E-state index is 12.3. The summed E-state index contributed by atoms with van der Waals surface area (Å²) in [5.41, 5.74) is 0.992. The van der Waals surface area contributed by atoms with Gasteiger partial charge in [-0.15, -0.1) is 0 Å². The highest BCUT2D eigenvalue weighted by Gasteiger charge is 2.59. The first-order chi connectivity index (χ1) is 10.0. The number of fused-ring (bicyclic) bond motifs is 5. The van der Waals surface area contributed by atoms with Crippen LogP contribution in [0.25, 0.3) is 0 Å². The first-order valence-corrected chi connectivity index (χ1v) is 8.45. The van der Waals surface area contributed by atoms with Gasteiger partial charge in [-0.1, -0.05) is 12.5 Å². The van der Waals surface area contributed by atoms with E-state index in [4.69, 9.17) is 0 Å². The molecular formula is C18H24O3. The molecule has 1 N–H and O–H groups in total. The number of aliphatic hydroxyl groups excluding tert-OH is 1. The average molecular weight is 288 g/mol. The SMILES string of the molecule is C[C@]12C[C@H](O)[C@@H]3[C@@H](CCC4=CC(=O)CC[C@@H]43)[C@H]1CCC2=O. The van der Waals surface area contributed by atoms with Crippen molar-refractivity contribution >= 4 is 11.6 Å². The zero-order valence-electron chi connectivity index (χ0n) is 12.7. The smallest absolute Gasteiger partial charge is 0.155 e. The molecule has 3 nitrogen and oxygen atoms in total. The molecule has 0 saturated heterocycles. The highest BCUT2D eigenvalue weighted by atomic mass is 16.3. The molecule has 0 heterocycles. The van der Waals surface area contributed by atoms with E-state index in [1.54, 1.807) is 0 Å². The molecule has 0 bridgehead atoms. The lowest BCUT2D eigenvalue weighted by atomic mass is 9.51. The van der Waals surface area contributed by atoms with Crippen molar-refractivity contribution in [2.75, 3.05) is 0 Å². The minimum atomic E-state index is -0.375. The molecule has 0 unspecified atom stereocenters. The molecule has 3 saturated carbocycles. The van der Waals surface area contributed by atoms with Crippen LogP contribution in [0.2, 0.25) is 0 Å². The maximum absolute atomic E-state index is 12.3. The molecule has 21 heavy (non-hydrogen) atoms. The molecule has 4 aliphatic rings. The summed E-state index contributed by atoms with van der Waals surface area (Å²) < 4.78 is 0. The summed E-state index contributed by atoms with van der Waals surface area (Å²) in [5.74, 6) is 2.22. The number of rotatable bonds is 0. The van der Waals surface area contributed by atoms with Gasteiger partial charge in [-0.25, -0.2) is 0 Å². The van der Waals surface area contributed by atoms with Gasteiger partial charge in [-0.2, -0.15) is 0 Å². The average Bonchev–Trinajstić information content (AvgIpc) is 2.74. The Balaban J connectivity index is 1.70. The van der Waals surface area contributed by atoms with E-state index in [0.717, 1.165) is 25.7 Å². The van der Waals surface area contributed by atoms with Gasteiger partial charge in [-0.05, 0) is 61.9 Å². The lowest BCUT2D eigenvalue weighted by Gasteiger charge is -2.54. The van der Waals surface area contributed by atoms with Crippen molar-refractivity contribution in [3.8, 4) is 0 Å². The summed E-state index contributed by atoms with van der Waals surface area (Å²) in [6.07, 6.45) is 7.39. The minimum Gasteiger partial charge on any atom is -0.393 e. The summed E-state index contributed by atoms with van der Waals surface area (Å²) in [7, 11) is 0. The van der Waals surface area contributed by atoms with Gasteiger partial charge in [0.1, 0.15) is 5.78 Å². The van der Waals surface area contributed by atoms with Crippen LogP contribution in [0.4, 0.5) is 0 Å². The van der Waals surface area contributed by atoms with Crippen molar-refractivity contribution in [2.24, 2.45) is 29.1 Å². The van der Waals surface area contributed by atoms with Crippen LogP contribution in [0.15, 0.2) is 11.6 Å². The Bertz CT molecular complexity index is 535. The van der Waals surface area contributed by atoms with Crippen molar-refractivity contribution < 1.29 is 14.7 Å². The van der Waals surface area contributed by atoms with Crippen molar-refractivity contribution in [3.63, 3.8) is 0 Å². The first kappa shape index (κ1) is 13.7. The zero-order chi connectivity index (χ0) is 14.8. The van der Waals surface area contributed by atoms with Gasteiger partial charge in [0.25, 0.3) is 0 Å². The number of hydrogen-bond acceptors (Lipinski definition) is 3. The van der Waals surface area contributed by atoms with Crippen molar-refractivity contribution in [1.29, 1.82) is 0 Å². The van der Waals surface area contributed by atoms with Gasteiger partial charge in [0.15, 0.2) is 5.78 Å². The molecule has 4 aliphatic carbocycles. The number of carbonyl (C=O) groups excluding carboxylic acids is 2. The third-order valence-electron chi connectivity index (χ3n) is 6.98. The fourth-order valence-corrected chi connectivity index (χ4v) is 6.03. The summed E-state index contributed by atoms with van der Waals surface area (Å²) in [6.45, 7) is 2.09. The predicted molar refractivity (Wildman–Crippen MR) is 78.5 cm³/mol. The maximum Gasteiger partial charge on any atom is 0.155 e. The Morgan fingerprint density at radius 3 is 2.76 bits per heavy atom. The highest BCUT2D eigenvalue weighted by molar-refractivity contribution is 5.91. The lowest BCUT2D eigenvalue weighted by Crippen LogP contribution is -2.53. The topological polar surface area (TPSA) is 54.4 Å². The van der Waals surface area contributed by atoms with Gasteiger partial charge in [0, 0.05) is 18.3 Å². The largest absolute Gasteiger partial charge is 0.393 e. The van der Waals surface area contributed by atoms with Gasteiger partial charge in [0.2, 0.25) is 0 Å². The van der Waals surface area contributed by atoms with E-state index in [1.165, 1.54) is 5.57 Å². The van der Waals surface area contributed by atoms with Crippen molar-refractivity contribution in [1.82, 2.24) is 0 Å². The summed E-state index contributed by atoms with van der Waals surface area (Å²) >= 11 is 0. The Labute approximate surface area is 125 Å². The number of Topliss-reactive ketones (excluding diaryl/α,β-unsaturated/α-hetero) is 1. The molecule has 0 aromatic heterocycles. The molecule has 0 radical (unpaired) electrons. The van der Waals surface area contributed by atoms with Crippen LogP contribution in [0.1, 0.15) is 51.9 Å². The number of hydrogen-bond donors (Lipinski definition) is 1. The van der Waals surface area contributed by atoms with E-state index in [9.17, 15) is 14.7 Å². The highest BCUT2D eigenvalue weighted by Crippen LogP contribution is 2.60. The second kappa shape index (κ2) is 4.52. The zero-order valence-corrected chi connectivity index (χ0v) is 12.7. The number of allylic oxidation sites excluding steroid dienone is 1. The number of aliphatic hydroxyl groups is 1. The fraction of sp³-hybridized carbons (Fsp3) is 0.778. The summed E-state index contributed by atoms with van der Waals surface area (Å²) in [6, 6.07) is 0. The van der Waals surface area contributed by atoms with Crippen molar-refractivity contribution in [2.45, 2.75) is 58.0 Å². The molecule has 0 spiro atoms. The van der Waals surface area contributed by atoms with Crippen LogP contribution >= 0.6 is 0 Å². The second-order valence-electron chi connectivity index (χ2n) is 7.87. The van der Waals surface area contributed by atoms with Crippen LogP contribution in [0, 0.1) is 29.1 Å². The molecule has 3 fully saturated rings. The van der Waals surface area contributed by atoms with Gasteiger partial charge >= 0.3 is 0 Å². The number of carbonyl (C=O) groups is 2. The monoisotopic (exact) mass is 288 g/mol. The Morgan fingerprint density at radius 2 is 1.95 bits per heavy atom. The van der Waals surface area contributed by atoms with Gasteiger partial charge in [0.05, 0.1) is 6.10 Å². The normalized spacial score (nSPS) is 49.2. The summed E-state index contributed by atoms with van der Waals surface area (Å²) in [5, 5.41) is 10.8. The van der Waals surface area contributed by atoms with Crippen molar-refractivity contribution in [3.05, 3.63) is 11.6 Å². The van der Waals surface area contributed by atoms with E-state index < -0.39 is 0 Å². The van der Waals surface area contributed by atoms with Crippen LogP contribution in [0.3, 0.4) is 0 Å². The quantitative estimate of drug-likeness (QED) is 0.745. The molecule has 0 aromatic rings. The van der Waals surface area contributed by atoms with Crippen LogP contribution < -0.4 is 0 Å². The molecule has 0 aliphatic heterocycles. The predicted octanol–water partition coefficient (Wildman–Crippen LogP) is 2.67. The molecular weight excluding hydrogens is 264 g/mol. The molecule has 6 atom stereocenters. The van der Waals surface area contributed by atoms with E-state index in [1.807, 2.05) is 6.08 Å². The van der Waals surface area contributed by atoms with E-state index in [-0.39, 0.29) is 23.2 Å². The molecule has 4 rings (SSSR count). The second-order valence-corrected chi connectivity index (χ2v) is 7.87. The van der Waals surface area contributed by atoms with E-state index >= 15 is 0 Å². The standard InChI is InChI=1S/C18H24O3/c1-18-9-15(20)17-12-5-3-11(19)8-10(12)2-4-13(17)14(18)6-7-16(18)21/h8,12-15,17,20H,2-7,9H2,1H3/t12-,13-,14+,15-,17-,18-/m0/s1. The van der Waals surface area contributed by atoms with Crippen LogP contribution in [-0.4, -0.2) is 22.8 Å². The Morgan fingerprint density at radius 1 is 1.14 bits per heavy atom. The third-order valence-corrected chi connectivity index (χ3v) is 6.98. The lowest BCUT2D eigenvalue weighted by molar-refractivity contribution is -0.140.